The highest BCUT2D eigenvalue weighted by Gasteiger charge is 2.15. The second kappa shape index (κ2) is 9.51. The summed E-state index contributed by atoms with van der Waals surface area (Å²) in [6.07, 6.45) is 2.67. The molecule has 0 saturated carbocycles. The molecule has 6 nitrogen and oxygen atoms in total. The Labute approximate surface area is 203 Å². The molecule has 0 bridgehead atoms. The topological polar surface area (TPSA) is 65.1 Å². The maximum Gasteiger partial charge on any atom is 0.275 e. The summed E-state index contributed by atoms with van der Waals surface area (Å²) in [6, 6.07) is 19.6. The fourth-order valence-electron chi connectivity index (χ4n) is 3.49. The molecule has 33 heavy (non-hydrogen) atoms. The van der Waals surface area contributed by atoms with E-state index < -0.39 is 0 Å². The summed E-state index contributed by atoms with van der Waals surface area (Å²) in [7, 11) is 0. The molecular formula is C24H20ClN5OS2. The van der Waals surface area contributed by atoms with Crippen LogP contribution in [-0.2, 0) is 18.7 Å². The molecule has 0 aliphatic heterocycles. The number of thioether (sulfide) groups is 1. The van der Waals surface area contributed by atoms with Crippen molar-refractivity contribution < 1.29 is 0 Å². The Balaban J connectivity index is 1.47. The van der Waals surface area contributed by atoms with E-state index in [0.29, 0.717) is 22.3 Å². The van der Waals surface area contributed by atoms with Gasteiger partial charge >= 0.3 is 0 Å². The number of halogens is 1. The summed E-state index contributed by atoms with van der Waals surface area (Å²) in [5.74, 6) is 0.539. The molecule has 0 aliphatic rings. The van der Waals surface area contributed by atoms with Gasteiger partial charge in [0.25, 0.3) is 5.56 Å². The Morgan fingerprint density at radius 1 is 1.09 bits per heavy atom. The summed E-state index contributed by atoms with van der Waals surface area (Å²) in [5.41, 5.74) is 3.81. The molecule has 5 rings (SSSR count). The lowest BCUT2D eigenvalue weighted by Crippen LogP contribution is -2.15. The van der Waals surface area contributed by atoms with Gasteiger partial charge in [-0.1, -0.05) is 84.1 Å². The van der Waals surface area contributed by atoms with Crippen LogP contribution in [0.5, 0.6) is 0 Å². The van der Waals surface area contributed by atoms with E-state index in [1.54, 1.807) is 17.8 Å². The number of hydrogen-bond acceptors (Lipinski definition) is 6. The molecule has 5 aromatic rings. The van der Waals surface area contributed by atoms with E-state index in [-0.39, 0.29) is 5.56 Å². The lowest BCUT2D eigenvalue weighted by Gasteiger charge is -2.12. The Morgan fingerprint density at radius 2 is 1.88 bits per heavy atom. The number of nitrogens with zero attached hydrogens (tertiary/aromatic N) is 5. The standard InChI is InChI=1S/C24H20ClN5OS2/c1-2-21-28-30-22(31)12-19(27-24(30)33-21)15-32-23-26-13-20(17-8-10-18(25)11-9-17)29(23)14-16-6-4-3-5-7-16/h3-13H,2,14-15H2,1H3. The van der Waals surface area contributed by atoms with Crippen LogP contribution < -0.4 is 5.56 Å². The van der Waals surface area contributed by atoms with Gasteiger partial charge in [-0.3, -0.25) is 4.79 Å². The van der Waals surface area contributed by atoms with Crippen LogP contribution in [0.1, 0.15) is 23.2 Å². The van der Waals surface area contributed by atoms with Crippen molar-refractivity contribution in [1.82, 2.24) is 24.1 Å². The third-order valence-corrected chi connectivity index (χ3v) is 7.46. The molecule has 0 unspecified atom stereocenters. The first-order valence-electron chi connectivity index (χ1n) is 10.5. The maximum atomic E-state index is 12.5. The maximum absolute atomic E-state index is 12.5. The molecule has 0 N–H and O–H groups in total. The summed E-state index contributed by atoms with van der Waals surface area (Å²) in [6.45, 7) is 2.70. The Bertz CT molecular complexity index is 1460. The van der Waals surface area contributed by atoms with Crippen molar-refractivity contribution in [3.63, 3.8) is 0 Å². The molecule has 0 fully saturated rings. The Hall–Kier alpha value is -2.94. The van der Waals surface area contributed by atoms with Crippen LogP contribution >= 0.6 is 34.7 Å². The van der Waals surface area contributed by atoms with Gasteiger partial charge in [0, 0.05) is 16.8 Å². The van der Waals surface area contributed by atoms with E-state index in [0.717, 1.165) is 33.5 Å². The highest BCUT2D eigenvalue weighted by atomic mass is 35.5. The molecule has 0 atom stereocenters. The van der Waals surface area contributed by atoms with E-state index in [1.165, 1.54) is 21.4 Å². The molecule has 0 saturated heterocycles. The van der Waals surface area contributed by atoms with Gasteiger partial charge in [-0.25, -0.2) is 9.97 Å². The number of imidazole rings is 1. The van der Waals surface area contributed by atoms with Gasteiger partial charge in [-0.15, -0.1) is 0 Å². The van der Waals surface area contributed by atoms with Crippen LogP contribution in [0, 0.1) is 0 Å². The predicted octanol–water partition coefficient (Wildman–Crippen LogP) is 5.57. The average molecular weight is 494 g/mol. The van der Waals surface area contributed by atoms with E-state index >= 15 is 0 Å². The molecule has 9 heteroatoms. The van der Waals surface area contributed by atoms with Crippen LogP contribution in [0.25, 0.3) is 16.2 Å². The van der Waals surface area contributed by atoms with Gasteiger partial charge in [-0.2, -0.15) is 9.61 Å². The fourth-order valence-corrected chi connectivity index (χ4v) is 5.35. The van der Waals surface area contributed by atoms with Crippen molar-refractivity contribution in [3.8, 4) is 11.3 Å². The van der Waals surface area contributed by atoms with E-state index in [1.807, 2.05) is 55.6 Å². The molecule has 0 amide bonds. The first kappa shape index (κ1) is 21.9. The molecule has 3 heterocycles. The van der Waals surface area contributed by atoms with Crippen LogP contribution in [0.15, 0.2) is 76.8 Å². The third kappa shape index (κ3) is 4.73. The number of hydrogen-bond donors (Lipinski definition) is 0. The van der Waals surface area contributed by atoms with Gasteiger partial charge in [0.1, 0.15) is 5.01 Å². The number of aryl methyl sites for hydroxylation is 1. The fraction of sp³-hybridized carbons (Fsp3) is 0.167. The summed E-state index contributed by atoms with van der Waals surface area (Å²) in [4.78, 5) is 22.5. The Morgan fingerprint density at radius 3 is 2.64 bits per heavy atom. The SMILES string of the molecule is CCc1nn2c(=O)cc(CSc3ncc(-c4ccc(Cl)cc4)n3Cc3ccccc3)nc2s1. The number of fused-ring (bicyclic) bond motifs is 1. The van der Waals surface area contributed by atoms with Crippen molar-refractivity contribution >= 4 is 39.7 Å². The Kier molecular flexibility index (Phi) is 6.30. The van der Waals surface area contributed by atoms with Crippen molar-refractivity contribution in [2.75, 3.05) is 0 Å². The molecule has 166 valence electrons. The minimum atomic E-state index is -0.152. The van der Waals surface area contributed by atoms with Crippen molar-refractivity contribution in [3.05, 3.63) is 98.5 Å². The van der Waals surface area contributed by atoms with Crippen molar-refractivity contribution in [1.29, 1.82) is 0 Å². The smallest absolute Gasteiger partial charge is 0.275 e. The lowest BCUT2D eigenvalue weighted by atomic mass is 10.1. The number of rotatable bonds is 7. The number of benzene rings is 2. The van der Waals surface area contributed by atoms with E-state index in [9.17, 15) is 4.79 Å². The van der Waals surface area contributed by atoms with Gasteiger partial charge in [-0.05, 0) is 29.7 Å². The van der Waals surface area contributed by atoms with Gasteiger partial charge in [0.05, 0.1) is 24.1 Å². The minimum absolute atomic E-state index is 0.152. The van der Waals surface area contributed by atoms with Crippen molar-refractivity contribution in [2.45, 2.75) is 30.8 Å². The molecule has 0 radical (unpaired) electrons. The number of aromatic nitrogens is 5. The molecule has 3 aromatic heterocycles. The summed E-state index contributed by atoms with van der Waals surface area (Å²) in [5, 5.41) is 6.78. The second-order valence-electron chi connectivity index (χ2n) is 7.42. The summed E-state index contributed by atoms with van der Waals surface area (Å²) >= 11 is 9.11. The van der Waals surface area contributed by atoms with E-state index in [4.69, 9.17) is 16.6 Å². The third-order valence-electron chi connectivity index (χ3n) is 5.13. The van der Waals surface area contributed by atoms with E-state index in [2.05, 4.69) is 26.8 Å². The van der Waals surface area contributed by atoms with Crippen LogP contribution in [-0.4, -0.2) is 24.1 Å². The average Bonchev–Trinajstić information content (AvgIpc) is 3.43. The monoisotopic (exact) mass is 493 g/mol. The quantitative estimate of drug-likeness (QED) is 0.277. The van der Waals surface area contributed by atoms with Crippen molar-refractivity contribution in [2.24, 2.45) is 0 Å². The first-order valence-corrected chi connectivity index (χ1v) is 12.7. The zero-order chi connectivity index (χ0) is 22.8. The predicted molar refractivity (Wildman–Crippen MR) is 134 cm³/mol. The first-order chi connectivity index (χ1) is 16.1. The molecular weight excluding hydrogens is 474 g/mol. The van der Waals surface area contributed by atoms with Crippen LogP contribution in [0.2, 0.25) is 5.02 Å². The summed E-state index contributed by atoms with van der Waals surface area (Å²) < 4.78 is 3.57. The largest absolute Gasteiger partial charge is 0.314 e. The second-order valence-corrected chi connectivity index (χ2v) is 9.84. The molecule has 0 aliphatic carbocycles. The normalized spacial score (nSPS) is 11.3. The zero-order valence-corrected chi connectivity index (χ0v) is 20.2. The van der Waals surface area contributed by atoms with Crippen LogP contribution in [0.4, 0.5) is 0 Å². The van der Waals surface area contributed by atoms with Crippen LogP contribution in [0.3, 0.4) is 0 Å². The van der Waals surface area contributed by atoms with Gasteiger partial charge in [0.2, 0.25) is 4.96 Å². The highest BCUT2D eigenvalue weighted by Crippen LogP contribution is 2.29. The van der Waals surface area contributed by atoms with Gasteiger partial charge < -0.3 is 4.57 Å². The lowest BCUT2D eigenvalue weighted by molar-refractivity contribution is 0.715. The zero-order valence-electron chi connectivity index (χ0n) is 17.8. The molecule has 2 aromatic carbocycles. The highest BCUT2D eigenvalue weighted by molar-refractivity contribution is 7.98. The minimum Gasteiger partial charge on any atom is -0.314 e. The molecule has 0 spiro atoms. The van der Waals surface area contributed by atoms with Gasteiger partial charge in [0.15, 0.2) is 5.16 Å².